The number of rotatable bonds is 1. The normalized spacial score (nSPS) is 24.1. The monoisotopic (exact) mass is 330 g/mol. The van der Waals surface area contributed by atoms with Crippen LogP contribution in [0.2, 0.25) is 5.02 Å². The number of halogens is 2. The van der Waals surface area contributed by atoms with Crippen molar-refractivity contribution in [3.05, 3.63) is 33.3 Å². The summed E-state index contributed by atoms with van der Waals surface area (Å²) in [5, 5.41) is 0.572. The Bertz CT molecular complexity index is 466. The number of benzene rings is 1. The first-order chi connectivity index (χ1) is 8.49. The van der Waals surface area contributed by atoms with Gasteiger partial charge in [0.1, 0.15) is 0 Å². The summed E-state index contributed by atoms with van der Waals surface area (Å²) in [6.07, 6.45) is 1.71. The first-order valence-electron chi connectivity index (χ1n) is 6.00. The summed E-state index contributed by atoms with van der Waals surface area (Å²) in [5.74, 6) is 0.0174. The van der Waals surface area contributed by atoms with Crippen molar-refractivity contribution >= 4 is 33.4 Å². The summed E-state index contributed by atoms with van der Waals surface area (Å²) in [6.45, 7) is 2.75. The Morgan fingerprint density at radius 1 is 1.56 bits per heavy atom. The largest absolute Gasteiger partial charge is 0.336 e. The lowest BCUT2D eigenvalue weighted by molar-refractivity contribution is 0.0618. The molecule has 0 saturated carbocycles. The minimum atomic E-state index is 0.0174. The average molecular weight is 332 g/mol. The van der Waals surface area contributed by atoms with Crippen LogP contribution in [0.3, 0.4) is 0 Å². The van der Waals surface area contributed by atoms with Crippen molar-refractivity contribution < 1.29 is 4.79 Å². The summed E-state index contributed by atoms with van der Waals surface area (Å²) in [5.41, 5.74) is 6.53. The maximum Gasteiger partial charge on any atom is 0.255 e. The Kier molecular flexibility index (Phi) is 4.30. The van der Waals surface area contributed by atoms with Gasteiger partial charge in [-0.15, -0.1) is 0 Å². The van der Waals surface area contributed by atoms with E-state index in [1.54, 1.807) is 18.2 Å². The summed E-state index contributed by atoms with van der Waals surface area (Å²) in [4.78, 5) is 14.4. The number of carbonyl (C=O) groups excluding carboxylic acids is 1. The highest BCUT2D eigenvalue weighted by Crippen LogP contribution is 2.25. The van der Waals surface area contributed by atoms with Gasteiger partial charge in [-0.1, -0.05) is 11.6 Å². The predicted octanol–water partition coefficient (Wildman–Crippen LogP) is 3.05. The molecule has 2 unspecified atom stereocenters. The number of amides is 1. The summed E-state index contributed by atoms with van der Waals surface area (Å²) in [6, 6.07) is 5.64. The third kappa shape index (κ3) is 2.87. The predicted molar refractivity (Wildman–Crippen MR) is 76.9 cm³/mol. The fourth-order valence-corrected chi connectivity index (χ4v) is 2.91. The van der Waals surface area contributed by atoms with Crippen LogP contribution in [0.1, 0.15) is 30.1 Å². The molecule has 0 aromatic heterocycles. The maximum absolute atomic E-state index is 12.5. The van der Waals surface area contributed by atoms with Crippen LogP contribution < -0.4 is 5.73 Å². The molecule has 2 N–H and O–H groups in total. The smallest absolute Gasteiger partial charge is 0.255 e. The highest BCUT2D eigenvalue weighted by Gasteiger charge is 2.28. The average Bonchev–Trinajstić information content (AvgIpc) is 2.31. The zero-order valence-corrected chi connectivity index (χ0v) is 12.5. The molecule has 0 bridgehead atoms. The minimum Gasteiger partial charge on any atom is -0.336 e. The van der Waals surface area contributed by atoms with Crippen LogP contribution in [0.5, 0.6) is 0 Å². The van der Waals surface area contributed by atoms with Crippen LogP contribution in [0.4, 0.5) is 0 Å². The molecule has 0 spiro atoms. The van der Waals surface area contributed by atoms with E-state index < -0.39 is 0 Å². The lowest BCUT2D eigenvalue weighted by atomic mass is 9.98. The highest BCUT2D eigenvalue weighted by molar-refractivity contribution is 9.10. The molecule has 5 heteroatoms. The van der Waals surface area contributed by atoms with Crippen LogP contribution in [0.25, 0.3) is 0 Å². The Morgan fingerprint density at radius 3 is 2.94 bits per heavy atom. The molecule has 1 aromatic carbocycles. The van der Waals surface area contributed by atoms with Gasteiger partial charge in [-0.05, 0) is 53.9 Å². The van der Waals surface area contributed by atoms with E-state index in [1.165, 1.54) is 0 Å². The second-order valence-electron chi connectivity index (χ2n) is 4.76. The molecule has 2 rings (SSSR count). The zero-order valence-electron chi connectivity index (χ0n) is 10.2. The molecule has 1 fully saturated rings. The lowest BCUT2D eigenvalue weighted by Gasteiger charge is -2.36. The van der Waals surface area contributed by atoms with Gasteiger partial charge in [-0.3, -0.25) is 4.79 Å². The summed E-state index contributed by atoms with van der Waals surface area (Å²) >= 11 is 9.35. The quantitative estimate of drug-likeness (QED) is 0.859. The van der Waals surface area contributed by atoms with E-state index in [9.17, 15) is 4.79 Å². The van der Waals surface area contributed by atoms with Gasteiger partial charge in [0.15, 0.2) is 0 Å². The van der Waals surface area contributed by atoms with Gasteiger partial charge < -0.3 is 10.6 Å². The van der Waals surface area contributed by atoms with Gasteiger partial charge in [0.25, 0.3) is 5.91 Å². The topological polar surface area (TPSA) is 46.3 Å². The van der Waals surface area contributed by atoms with Gasteiger partial charge in [0.2, 0.25) is 0 Å². The number of hydrogen-bond acceptors (Lipinski definition) is 2. The number of nitrogens with zero attached hydrogens (tertiary/aromatic N) is 1. The van der Waals surface area contributed by atoms with Gasteiger partial charge in [-0.2, -0.15) is 0 Å². The van der Waals surface area contributed by atoms with Crippen molar-refractivity contribution in [3.8, 4) is 0 Å². The van der Waals surface area contributed by atoms with E-state index in [-0.39, 0.29) is 18.0 Å². The molecular weight excluding hydrogens is 316 g/mol. The molecule has 0 radical (unpaired) electrons. The third-order valence-corrected chi connectivity index (χ3v) is 4.26. The number of nitrogens with two attached hydrogens (primary N) is 1. The molecule has 3 nitrogen and oxygen atoms in total. The van der Waals surface area contributed by atoms with E-state index in [0.29, 0.717) is 17.1 Å². The lowest BCUT2D eigenvalue weighted by Crippen LogP contribution is -2.48. The zero-order chi connectivity index (χ0) is 13.3. The molecule has 1 heterocycles. The number of likely N-dealkylation sites (tertiary alicyclic amines) is 1. The van der Waals surface area contributed by atoms with Crippen molar-refractivity contribution in [2.24, 2.45) is 5.73 Å². The van der Waals surface area contributed by atoms with Crippen molar-refractivity contribution in [3.63, 3.8) is 0 Å². The van der Waals surface area contributed by atoms with Crippen molar-refractivity contribution in [2.45, 2.75) is 31.8 Å². The molecule has 1 saturated heterocycles. The first-order valence-corrected chi connectivity index (χ1v) is 7.17. The molecule has 98 valence electrons. The fraction of sp³-hybridized carbons (Fsp3) is 0.462. The summed E-state index contributed by atoms with van der Waals surface area (Å²) in [7, 11) is 0. The molecule has 0 aliphatic carbocycles. The minimum absolute atomic E-state index is 0.0174. The Hall–Kier alpha value is -0.580. The third-order valence-electron chi connectivity index (χ3n) is 3.34. The van der Waals surface area contributed by atoms with E-state index in [1.807, 2.05) is 11.8 Å². The van der Waals surface area contributed by atoms with Gasteiger partial charge in [-0.25, -0.2) is 0 Å². The summed E-state index contributed by atoms with van der Waals surface area (Å²) < 4.78 is 0.777. The maximum atomic E-state index is 12.5. The van der Waals surface area contributed by atoms with Crippen LogP contribution in [0, 0.1) is 0 Å². The number of hydrogen-bond donors (Lipinski definition) is 1. The molecule has 1 aromatic rings. The van der Waals surface area contributed by atoms with Crippen molar-refractivity contribution in [2.75, 3.05) is 6.54 Å². The second kappa shape index (κ2) is 5.59. The highest BCUT2D eigenvalue weighted by atomic mass is 79.9. The van der Waals surface area contributed by atoms with Gasteiger partial charge in [0, 0.05) is 28.1 Å². The van der Waals surface area contributed by atoms with Crippen LogP contribution in [-0.2, 0) is 0 Å². The van der Waals surface area contributed by atoms with E-state index in [2.05, 4.69) is 15.9 Å². The Balaban J connectivity index is 2.23. The fourth-order valence-electron chi connectivity index (χ4n) is 2.33. The SMILES string of the molecule is CC1CC(N)CCN1C(=O)c1cc(Cl)ccc1Br. The molecule has 1 amide bonds. The Morgan fingerprint density at radius 2 is 2.28 bits per heavy atom. The van der Waals surface area contributed by atoms with E-state index in [4.69, 9.17) is 17.3 Å². The standard InChI is InChI=1S/C13H16BrClN2O/c1-8-6-10(16)4-5-17(8)13(18)11-7-9(15)2-3-12(11)14/h2-3,7-8,10H,4-6,16H2,1H3. The van der Waals surface area contributed by atoms with Crippen molar-refractivity contribution in [1.82, 2.24) is 4.90 Å². The first kappa shape index (κ1) is 13.8. The molecule has 1 aliphatic rings. The van der Waals surface area contributed by atoms with Crippen LogP contribution in [0.15, 0.2) is 22.7 Å². The number of piperidine rings is 1. The molecular formula is C13H16BrClN2O. The van der Waals surface area contributed by atoms with E-state index >= 15 is 0 Å². The van der Waals surface area contributed by atoms with Crippen LogP contribution in [-0.4, -0.2) is 29.4 Å². The van der Waals surface area contributed by atoms with Crippen LogP contribution >= 0.6 is 27.5 Å². The second-order valence-corrected chi connectivity index (χ2v) is 6.05. The molecule has 1 aliphatic heterocycles. The number of carbonyl (C=O) groups is 1. The van der Waals surface area contributed by atoms with Gasteiger partial charge >= 0.3 is 0 Å². The van der Waals surface area contributed by atoms with E-state index in [0.717, 1.165) is 17.3 Å². The molecule has 18 heavy (non-hydrogen) atoms. The molecule has 2 atom stereocenters. The Labute approximate surface area is 120 Å². The van der Waals surface area contributed by atoms with Gasteiger partial charge in [0.05, 0.1) is 5.56 Å². The van der Waals surface area contributed by atoms with Crippen molar-refractivity contribution in [1.29, 1.82) is 0 Å².